The van der Waals surface area contributed by atoms with Gasteiger partial charge in [-0.3, -0.25) is 9.89 Å². The van der Waals surface area contributed by atoms with Gasteiger partial charge in [0.05, 0.1) is 24.0 Å². The van der Waals surface area contributed by atoms with Crippen molar-refractivity contribution < 1.29 is 13.2 Å². The summed E-state index contributed by atoms with van der Waals surface area (Å²) in [4.78, 5) is 16.5. The van der Waals surface area contributed by atoms with Crippen LogP contribution < -0.4 is 5.32 Å². The normalized spacial score (nSPS) is 19.0. The minimum Gasteiger partial charge on any atom is -0.343 e. The Hall–Kier alpha value is -2.42. The summed E-state index contributed by atoms with van der Waals surface area (Å²) in [6, 6.07) is 1.15. The Labute approximate surface area is 139 Å². The summed E-state index contributed by atoms with van der Waals surface area (Å²) in [7, 11) is -3.20. The standard InChI is InChI=1S/C15H19N5O3S/c1-10(2)14-16-4-5-20(14)8-12-7-13(19-18-12)15(21)17-11-3-6-24(22,23)9-11/h3-7,10-11H,8-9H2,1-2H3,(H,17,21)(H,18,19)/t11-/m0/s1. The maximum Gasteiger partial charge on any atom is 0.272 e. The lowest BCUT2D eigenvalue weighted by Gasteiger charge is -2.08. The number of sulfone groups is 1. The third-order valence-electron chi connectivity index (χ3n) is 3.71. The summed E-state index contributed by atoms with van der Waals surface area (Å²) in [5.41, 5.74) is 1.00. The van der Waals surface area contributed by atoms with Crippen molar-refractivity contribution in [2.24, 2.45) is 0 Å². The van der Waals surface area contributed by atoms with Crippen LogP contribution in [0.15, 0.2) is 29.9 Å². The Morgan fingerprint density at radius 2 is 2.29 bits per heavy atom. The van der Waals surface area contributed by atoms with Gasteiger partial charge < -0.3 is 9.88 Å². The number of rotatable bonds is 5. The van der Waals surface area contributed by atoms with Crippen molar-refractivity contribution in [2.45, 2.75) is 32.4 Å². The highest BCUT2D eigenvalue weighted by atomic mass is 32.2. The Morgan fingerprint density at radius 3 is 2.96 bits per heavy atom. The van der Waals surface area contributed by atoms with Gasteiger partial charge in [0.25, 0.3) is 5.91 Å². The molecule has 1 aliphatic heterocycles. The van der Waals surface area contributed by atoms with Crippen LogP contribution in [0.4, 0.5) is 0 Å². The molecule has 1 aliphatic rings. The Morgan fingerprint density at radius 1 is 1.50 bits per heavy atom. The van der Waals surface area contributed by atoms with E-state index in [1.54, 1.807) is 12.3 Å². The van der Waals surface area contributed by atoms with Crippen molar-refractivity contribution in [3.63, 3.8) is 0 Å². The van der Waals surface area contributed by atoms with E-state index in [9.17, 15) is 13.2 Å². The first-order valence-electron chi connectivity index (χ1n) is 7.61. The van der Waals surface area contributed by atoms with Crippen LogP contribution in [0.3, 0.4) is 0 Å². The van der Waals surface area contributed by atoms with Crippen LogP contribution in [-0.2, 0) is 16.4 Å². The summed E-state index contributed by atoms with van der Waals surface area (Å²) in [5, 5.41) is 10.6. The molecule has 0 aromatic carbocycles. The molecule has 9 heteroatoms. The number of hydrogen-bond donors (Lipinski definition) is 2. The monoisotopic (exact) mass is 349 g/mol. The van der Waals surface area contributed by atoms with Gasteiger partial charge in [-0.1, -0.05) is 13.8 Å². The number of imidazole rings is 1. The number of H-pyrrole nitrogens is 1. The number of aromatic amines is 1. The van der Waals surface area contributed by atoms with E-state index >= 15 is 0 Å². The van der Waals surface area contributed by atoms with Crippen LogP contribution in [-0.4, -0.2) is 45.9 Å². The quantitative estimate of drug-likeness (QED) is 0.830. The summed E-state index contributed by atoms with van der Waals surface area (Å²) < 4.78 is 24.7. The molecule has 0 bridgehead atoms. The second-order valence-corrected chi connectivity index (χ2v) is 8.02. The van der Waals surface area contributed by atoms with Gasteiger partial charge in [-0.15, -0.1) is 0 Å². The summed E-state index contributed by atoms with van der Waals surface area (Å²) in [5.74, 6) is 0.737. The van der Waals surface area contributed by atoms with Gasteiger partial charge in [0, 0.05) is 23.7 Å². The molecule has 0 spiro atoms. The molecule has 3 rings (SSSR count). The van der Waals surface area contributed by atoms with Crippen molar-refractivity contribution in [1.29, 1.82) is 0 Å². The first-order valence-corrected chi connectivity index (χ1v) is 9.33. The molecule has 0 unspecified atom stereocenters. The zero-order valence-electron chi connectivity index (χ0n) is 13.4. The molecule has 1 amide bonds. The van der Waals surface area contributed by atoms with Crippen LogP contribution >= 0.6 is 0 Å². The zero-order valence-corrected chi connectivity index (χ0v) is 14.2. The summed E-state index contributed by atoms with van der Waals surface area (Å²) >= 11 is 0. The molecule has 0 saturated carbocycles. The Bertz CT molecular complexity index is 879. The predicted octanol–water partition coefficient (Wildman–Crippen LogP) is 0.818. The molecule has 2 aromatic rings. The topological polar surface area (TPSA) is 110 Å². The van der Waals surface area contributed by atoms with Gasteiger partial charge in [0.2, 0.25) is 0 Å². The molecule has 128 valence electrons. The van der Waals surface area contributed by atoms with Crippen LogP contribution in [0.25, 0.3) is 0 Å². The van der Waals surface area contributed by atoms with E-state index < -0.39 is 21.8 Å². The van der Waals surface area contributed by atoms with E-state index in [0.29, 0.717) is 12.5 Å². The summed E-state index contributed by atoms with van der Waals surface area (Å²) in [6.07, 6.45) is 5.09. The smallest absolute Gasteiger partial charge is 0.272 e. The molecule has 3 heterocycles. The average molecular weight is 349 g/mol. The number of aromatic nitrogens is 4. The van der Waals surface area contributed by atoms with Gasteiger partial charge in [-0.05, 0) is 12.1 Å². The second-order valence-electron chi connectivity index (χ2n) is 6.08. The highest BCUT2D eigenvalue weighted by Crippen LogP contribution is 2.14. The maximum absolute atomic E-state index is 12.2. The number of carbonyl (C=O) groups excluding carboxylic acids is 1. The maximum atomic E-state index is 12.2. The molecular formula is C15H19N5O3S. The molecule has 0 fully saturated rings. The number of nitrogens with zero attached hydrogens (tertiary/aromatic N) is 3. The van der Waals surface area contributed by atoms with Crippen molar-refractivity contribution >= 4 is 15.7 Å². The van der Waals surface area contributed by atoms with Crippen molar-refractivity contribution in [3.8, 4) is 0 Å². The van der Waals surface area contributed by atoms with Crippen LogP contribution in [0.2, 0.25) is 0 Å². The Balaban J connectivity index is 1.66. The molecular weight excluding hydrogens is 330 g/mol. The lowest BCUT2D eigenvalue weighted by Crippen LogP contribution is -2.35. The molecule has 2 aromatic heterocycles. The first-order chi connectivity index (χ1) is 11.3. The van der Waals surface area contributed by atoms with Crippen molar-refractivity contribution in [3.05, 3.63) is 47.2 Å². The van der Waals surface area contributed by atoms with Gasteiger partial charge in [-0.25, -0.2) is 13.4 Å². The van der Waals surface area contributed by atoms with Crippen LogP contribution in [0.1, 0.15) is 41.8 Å². The largest absolute Gasteiger partial charge is 0.343 e. The van der Waals surface area contributed by atoms with E-state index in [1.807, 2.05) is 10.8 Å². The zero-order chi connectivity index (χ0) is 17.3. The average Bonchev–Trinajstić information content (AvgIpc) is 3.20. The molecule has 1 atom stereocenters. The van der Waals surface area contributed by atoms with E-state index in [2.05, 4.69) is 34.3 Å². The lowest BCUT2D eigenvalue weighted by atomic mass is 10.2. The van der Waals surface area contributed by atoms with E-state index in [-0.39, 0.29) is 11.4 Å². The number of carbonyl (C=O) groups is 1. The molecule has 2 N–H and O–H groups in total. The van der Waals surface area contributed by atoms with E-state index in [1.165, 1.54) is 6.08 Å². The third kappa shape index (κ3) is 3.56. The third-order valence-corrected chi connectivity index (χ3v) is 5.11. The van der Waals surface area contributed by atoms with Crippen molar-refractivity contribution in [1.82, 2.24) is 25.1 Å². The highest BCUT2D eigenvalue weighted by Gasteiger charge is 2.24. The van der Waals surface area contributed by atoms with E-state index in [0.717, 1.165) is 16.9 Å². The molecule has 0 aliphatic carbocycles. The van der Waals surface area contributed by atoms with Crippen LogP contribution in [0.5, 0.6) is 0 Å². The molecule has 24 heavy (non-hydrogen) atoms. The Kier molecular flexibility index (Phi) is 4.27. The van der Waals surface area contributed by atoms with Gasteiger partial charge in [-0.2, -0.15) is 5.10 Å². The van der Waals surface area contributed by atoms with Crippen LogP contribution in [0, 0.1) is 0 Å². The van der Waals surface area contributed by atoms with Crippen molar-refractivity contribution in [2.75, 3.05) is 5.75 Å². The number of amides is 1. The van der Waals surface area contributed by atoms with E-state index in [4.69, 9.17) is 0 Å². The SMILES string of the molecule is CC(C)c1nccn1Cc1cc(C(=O)N[C@H]2C=CS(=O)(=O)C2)n[nH]1. The fraction of sp³-hybridized carbons (Fsp3) is 0.400. The minimum atomic E-state index is -3.20. The number of hydrogen-bond acceptors (Lipinski definition) is 5. The second kappa shape index (κ2) is 6.23. The minimum absolute atomic E-state index is 0.108. The predicted molar refractivity (Wildman–Crippen MR) is 88.2 cm³/mol. The van der Waals surface area contributed by atoms with Gasteiger partial charge >= 0.3 is 0 Å². The molecule has 0 saturated heterocycles. The molecule has 8 nitrogen and oxygen atoms in total. The number of nitrogens with one attached hydrogen (secondary N) is 2. The lowest BCUT2D eigenvalue weighted by molar-refractivity contribution is 0.0942. The first kappa shape index (κ1) is 16.4. The fourth-order valence-electron chi connectivity index (χ4n) is 2.61. The highest BCUT2D eigenvalue weighted by molar-refractivity contribution is 7.94. The van der Waals surface area contributed by atoms with Gasteiger partial charge in [0.1, 0.15) is 11.5 Å². The fourth-order valence-corrected chi connectivity index (χ4v) is 3.84. The molecule has 0 radical (unpaired) electrons. The van der Waals surface area contributed by atoms with Gasteiger partial charge in [0.15, 0.2) is 9.84 Å². The summed E-state index contributed by atoms with van der Waals surface area (Å²) in [6.45, 7) is 4.66.